The van der Waals surface area contributed by atoms with Gasteiger partial charge in [0.05, 0.1) is 26.1 Å². The van der Waals surface area contributed by atoms with Gasteiger partial charge in [0.25, 0.3) is 0 Å². The second-order valence-electron chi connectivity index (χ2n) is 6.58. The molecule has 4 rings (SSSR count). The number of phenols is 1. The number of nitrogens with zero attached hydrogens (tertiary/aromatic N) is 3. The molecule has 4 aromatic rings. The summed E-state index contributed by atoms with van der Waals surface area (Å²) in [7, 11) is 3.20. The molecule has 0 saturated carbocycles. The van der Waals surface area contributed by atoms with E-state index in [9.17, 15) is 5.11 Å². The van der Waals surface area contributed by atoms with Gasteiger partial charge in [-0.25, -0.2) is 0 Å². The molecule has 0 amide bonds. The fraction of sp³-hybridized carbons (Fsp3) is 0.0833. The lowest BCUT2D eigenvalue weighted by molar-refractivity contribution is 0.355. The standard InChI is InChI=1S/C24H21N3O3S/c1-29-22-13-8-17(14-23(22)30-2)15-25-26-24-27(19-9-11-20(28)12-10-19)21(16-31-24)18-6-4-3-5-7-18/h3-16,28H,1-2H3. The van der Waals surface area contributed by atoms with Gasteiger partial charge in [-0.05, 0) is 53.6 Å². The van der Waals surface area contributed by atoms with Gasteiger partial charge in [0.15, 0.2) is 11.5 Å². The van der Waals surface area contributed by atoms with Gasteiger partial charge in [-0.2, -0.15) is 5.10 Å². The molecule has 1 heterocycles. The zero-order chi connectivity index (χ0) is 21.6. The summed E-state index contributed by atoms with van der Waals surface area (Å²) in [6, 6.07) is 22.7. The van der Waals surface area contributed by atoms with Gasteiger partial charge in [0, 0.05) is 11.1 Å². The highest BCUT2D eigenvalue weighted by Crippen LogP contribution is 2.27. The molecule has 1 aromatic heterocycles. The Morgan fingerprint density at radius 2 is 1.65 bits per heavy atom. The highest BCUT2D eigenvalue weighted by Gasteiger charge is 2.10. The molecule has 6 nitrogen and oxygen atoms in total. The van der Waals surface area contributed by atoms with Crippen LogP contribution in [-0.4, -0.2) is 30.1 Å². The lowest BCUT2D eigenvalue weighted by atomic mass is 10.1. The number of ether oxygens (including phenoxy) is 2. The van der Waals surface area contributed by atoms with E-state index in [0.29, 0.717) is 16.3 Å². The van der Waals surface area contributed by atoms with Crippen molar-refractivity contribution >= 4 is 17.6 Å². The van der Waals surface area contributed by atoms with E-state index in [1.165, 1.54) is 11.3 Å². The predicted octanol–water partition coefficient (Wildman–Crippen LogP) is 4.86. The van der Waals surface area contributed by atoms with E-state index in [-0.39, 0.29) is 5.75 Å². The molecule has 156 valence electrons. The number of hydrogen-bond acceptors (Lipinski definition) is 6. The highest BCUT2D eigenvalue weighted by atomic mass is 32.1. The quantitative estimate of drug-likeness (QED) is 0.350. The van der Waals surface area contributed by atoms with Crippen LogP contribution >= 0.6 is 11.3 Å². The van der Waals surface area contributed by atoms with Gasteiger partial charge in [-0.15, -0.1) is 16.4 Å². The van der Waals surface area contributed by atoms with Crippen molar-refractivity contribution in [1.82, 2.24) is 4.57 Å². The van der Waals surface area contributed by atoms with Crippen LogP contribution in [0.3, 0.4) is 0 Å². The summed E-state index contributed by atoms with van der Waals surface area (Å²) in [4.78, 5) is 0.710. The SMILES string of the molecule is COc1ccc(C=NN=c2scc(-c3ccccc3)n2-c2ccc(O)cc2)cc1OC. The third-order valence-corrected chi connectivity index (χ3v) is 5.46. The zero-order valence-corrected chi connectivity index (χ0v) is 17.9. The lowest BCUT2D eigenvalue weighted by Gasteiger charge is -2.09. The number of benzene rings is 3. The van der Waals surface area contributed by atoms with E-state index in [1.807, 2.05) is 58.5 Å². The van der Waals surface area contributed by atoms with Gasteiger partial charge in [-0.1, -0.05) is 30.3 Å². The molecular formula is C24H21N3O3S. The van der Waals surface area contributed by atoms with Crippen LogP contribution in [0, 0.1) is 0 Å². The largest absolute Gasteiger partial charge is 0.508 e. The topological polar surface area (TPSA) is 68.3 Å². The van der Waals surface area contributed by atoms with E-state index in [1.54, 1.807) is 32.6 Å². The maximum absolute atomic E-state index is 9.68. The van der Waals surface area contributed by atoms with Gasteiger partial charge < -0.3 is 14.6 Å². The Morgan fingerprint density at radius 3 is 2.35 bits per heavy atom. The van der Waals surface area contributed by atoms with Gasteiger partial charge >= 0.3 is 0 Å². The Morgan fingerprint density at radius 1 is 0.903 bits per heavy atom. The Balaban J connectivity index is 1.76. The number of aromatic hydroxyl groups is 1. The van der Waals surface area contributed by atoms with Crippen LogP contribution < -0.4 is 14.3 Å². The molecule has 0 saturated heterocycles. The molecule has 0 atom stereocenters. The molecule has 0 aliphatic rings. The summed E-state index contributed by atoms with van der Waals surface area (Å²) in [6.07, 6.45) is 1.67. The van der Waals surface area contributed by atoms with Crippen LogP contribution in [0.25, 0.3) is 16.9 Å². The van der Waals surface area contributed by atoms with Crippen molar-refractivity contribution in [3.05, 3.63) is 88.5 Å². The summed E-state index contributed by atoms with van der Waals surface area (Å²) in [5.74, 6) is 1.51. The summed E-state index contributed by atoms with van der Waals surface area (Å²) in [6.45, 7) is 0. The summed E-state index contributed by atoms with van der Waals surface area (Å²) >= 11 is 1.49. The normalized spacial score (nSPS) is 11.7. The van der Waals surface area contributed by atoms with Crippen molar-refractivity contribution in [1.29, 1.82) is 0 Å². The molecular weight excluding hydrogens is 410 g/mol. The molecule has 7 heteroatoms. The average molecular weight is 432 g/mol. The average Bonchev–Trinajstić information content (AvgIpc) is 3.24. The Kier molecular flexibility index (Phi) is 6.14. The minimum atomic E-state index is 0.214. The van der Waals surface area contributed by atoms with E-state index >= 15 is 0 Å². The van der Waals surface area contributed by atoms with Crippen molar-refractivity contribution in [3.8, 4) is 34.2 Å². The fourth-order valence-electron chi connectivity index (χ4n) is 3.12. The summed E-state index contributed by atoms with van der Waals surface area (Å²) in [5.41, 5.74) is 3.80. The molecule has 0 aliphatic heterocycles. The molecule has 0 unspecified atom stereocenters. The second-order valence-corrected chi connectivity index (χ2v) is 7.42. The molecule has 3 aromatic carbocycles. The first kappa shape index (κ1) is 20.4. The lowest BCUT2D eigenvalue weighted by Crippen LogP contribution is -2.13. The first-order valence-corrected chi connectivity index (χ1v) is 10.4. The van der Waals surface area contributed by atoms with Crippen molar-refractivity contribution in [2.24, 2.45) is 10.2 Å². The minimum absolute atomic E-state index is 0.214. The van der Waals surface area contributed by atoms with Crippen LogP contribution in [0.1, 0.15) is 5.56 Å². The van der Waals surface area contributed by atoms with E-state index in [4.69, 9.17) is 9.47 Å². The number of thiazole rings is 1. The molecule has 1 N–H and O–H groups in total. The maximum Gasteiger partial charge on any atom is 0.215 e. The molecule has 0 aliphatic carbocycles. The maximum atomic E-state index is 9.68. The molecule has 0 bridgehead atoms. The minimum Gasteiger partial charge on any atom is -0.508 e. The van der Waals surface area contributed by atoms with Crippen molar-refractivity contribution in [2.75, 3.05) is 14.2 Å². The first-order chi connectivity index (χ1) is 15.2. The Hall–Kier alpha value is -3.84. The second kappa shape index (κ2) is 9.32. The smallest absolute Gasteiger partial charge is 0.215 e. The van der Waals surface area contributed by atoms with E-state index in [0.717, 1.165) is 22.5 Å². The molecule has 0 fully saturated rings. The van der Waals surface area contributed by atoms with Crippen molar-refractivity contribution in [3.63, 3.8) is 0 Å². The van der Waals surface area contributed by atoms with Crippen LogP contribution in [0.4, 0.5) is 0 Å². The Bertz CT molecular complexity index is 1260. The van der Waals surface area contributed by atoms with Crippen LogP contribution in [0.2, 0.25) is 0 Å². The Labute approximate surface area is 184 Å². The van der Waals surface area contributed by atoms with E-state index in [2.05, 4.69) is 22.3 Å². The molecule has 31 heavy (non-hydrogen) atoms. The number of phenolic OH excluding ortho intramolecular Hbond substituents is 1. The van der Waals surface area contributed by atoms with Crippen LogP contribution in [0.5, 0.6) is 17.2 Å². The zero-order valence-electron chi connectivity index (χ0n) is 17.1. The number of hydrogen-bond donors (Lipinski definition) is 1. The first-order valence-electron chi connectivity index (χ1n) is 9.54. The van der Waals surface area contributed by atoms with Crippen LogP contribution in [-0.2, 0) is 0 Å². The number of rotatable bonds is 6. The van der Waals surface area contributed by atoms with E-state index < -0.39 is 0 Å². The van der Waals surface area contributed by atoms with Crippen LogP contribution in [0.15, 0.2) is 88.4 Å². The van der Waals surface area contributed by atoms with Crippen molar-refractivity contribution in [2.45, 2.75) is 0 Å². The monoisotopic (exact) mass is 431 g/mol. The molecule has 0 radical (unpaired) electrons. The fourth-order valence-corrected chi connectivity index (χ4v) is 3.98. The third-order valence-electron chi connectivity index (χ3n) is 4.64. The van der Waals surface area contributed by atoms with Crippen molar-refractivity contribution < 1.29 is 14.6 Å². The number of aromatic nitrogens is 1. The molecule has 0 spiro atoms. The third kappa shape index (κ3) is 4.51. The highest BCUT2D eigenvalue weighted by molar-refractivity contribution is 7.07. The summed E-state index contributed by atoms with van der Waals surface area (Å²) < 4.78 is 12.6. The predicted molar refractivity (Wildman–Crippen MR) is 123 cm³/mol. The van der Waals surface area contributed by atoms with Gasteiger partial charge in [0.2, 0.25) is 4.80 Å². The van der Waals surface area contributed by atoms with Gasteiger partial charge in [0.1, 0.15) is 5.75 Å². The summed E-state index contributed by atoms with van der Waals surface area (Å²) in [5, 5.41) is 20.5. The van der Waals surface area contributed by atoms with Gasteiger partial charge in [-0.3, -0.25) is 4.57 Å². The number of methoxy groups -OCH3 is 2.